The number of furan rings is 1. The Morgan fingerprint density at radius 3 is 1.89 bits per heavy atom. The summed E-state index contributed by atoms with van der Waals surface area (Å²) in [5.74, 6) is 0. The van der Waals surface area contributed by atoms with Crippen LogP contribution in [0.15, 0.2) is 211 Å². The molecule has 9 aromatic carbocycles. The van der Waals surface area contributed by atoms with Gasteiger partial charge in [0.05, 0.1) is 16.7 Å². The number of hydrogen-bond acceptors (Lipinski definition) is 2. The van der Waals surface area contributed by atoms with Crippen molar-refractivity contribution in [1.29, 1.82) is 0 Å². The highest BCUT2D eigenvalue weighted by Crippen LogP contribution is 2.44. The van der Waals surface area contributed by atoms with Gasteiger partial charge in [-0.15, -0.1) is 0 Å². The molecule has 0 saturated carbocycles. The standard InChI is InChI=1S/C52H34N2O/c1-3-13-36(14-4-1)42-18-9-11-21-47(42)53(41-29-30-49-45(34-41)44-20-10-12-22-48(44)54(49)39-16-5-2-6-17-39)40-27-23-35(24-28-40)38-26-31-50-46(33-38)52-43-19-8-7-15-37(43)25-32-51(52)55-50/h1-34H. The molecule has 3 nitrogen and oxygen atoms in total. The van der Waals surface area contributed by atoms with Gasteiger partial charge in [0.25, 0.3) is 0 Å². The smallest absolute Gasteiger partial charge is 0.136 e. The number of benzene rings is 9. The molecule has 0 aliphatic rings. The molecule has 258 valence electrons. The molecule has 0 fully saturated rings. The van der Waals surface area contributed by atoms with Gasteiger partial charge in [0.15, 0.2) is 0 Å². The number of nitrogens with zero attached hydrogens (tertiary/aromatic N) is 2. The molecule has 2 heterocycles. The molecule has 11 rings (SSSR count). The highest BCUT2D eigenvalue weighted by atomic mass is 16.3. The van der Waals surface area contributed by atoms with Gasteiger partial charge in [-0.1, -0.05) is 133 Å². The van der Waals surface area contributed by atoms with Gasteiger partial charge in [-0.05, 0) is 100 Å². The first-order chi connectivity index (χ1) is 27.3. The summed E-state index contributed by atoms with van der Waals surface area (Å²) >= 11 is 0. The molecular formula is C52H34N2O. The topological polar surface area (TPSA) is 21.3 Å². The third-order valence-electron chi connectivity index (χ3n) is 11.0. The van der Waals surface area contributed by atoms with Crippen molar-refractivity contribution in [3.8, 4) is 27.9 Å². The van der Waals surface area contributed by atoms with Crippen LogP contribution in [0.1, 0.15) is 0 Å². The van der Waals surface area contributed by atoms with Crippen LogP contribution in [-0.2, 0) is 0 Å². The summed E-state index contributed by atoms with van der Waals surface area (Å²) in [6.45, 7) is 0. The van der Waals surface area contributed by atoms with Crippen molar-refractivity contribution in [3.63, 3.8) is 0 Å². The average Bonchev–Trinajstić information content (AvgIpc) is 3.80. The van der Waals surface area contributed by atoms with Crippen LogP contribution in [0, 0.1) is 0 Å². The quantitative estimate of drug-likeness (QED) is 0.172. The van der Waals surface area contributed by atoms with Crippen LogP contribution < -0.4 is 4.90 Å². The minimum Gasteiger partial charge on any atom is -0.456 e. The molecule has 0 N–H and O–H groups in total. The van der Waals surface area contributed by atoms with E-state index in [0.29, 0.717) is 0 Å². The summed E-state index contributed by atoms with van der Waals surface area (Å²) in [4.78, 5) is 2.40. The second-order valence-corrected chi connectivity index (χ2v) is 14.1. The Labute approximate surface area is 318 Å². The van der Waals surface area contributed by atoms with Crippen LogP contribution in [0.5, 0.6) is 0 Å². The van der Waals surface area contributed by atoms with Crippen molar-refractivity contribution in [2.24, 2.45) is 0 Å². The van der Waals surface area contributed by atoms with E-state index in [-0.39, 0.29) is 0 Å². The molecule has 0 amide bonds. The number of para-hydroxylation sites is 3. The SMILES string of the molecule is c1ccc(-c2ccccc2N(c2ccc(-c3ccc4oc5ccc6ccccc6c5c4c3)cc2)c2ccc3c(c2)c2ccccc2n3-c2ccccc2)cc1. The first kappa shape index (κ1) is 31.2. The molecule has 3 heteroatoms. The molecule has 55 heavy (non-hydrogen) atoms. The molecule has 0 bridgehead atoms. The lowest BCUT2D eigenvalue weighted by molar-refractivity contribution is 0.669. The maximum absolute atomic E-state index is 6.32. The molecule has 2 aromatic heterocycles. The van der Waals surface area contributed by atoms with E-state index in [9.17, 15) is 0 Å². The van der Waals surface area contributed by atoms with Crippen molar-refractivity contribution < 1.29 is 4.42 Å². The van der Waals surface area contributed by atoms with E-state index in [1.54, 1.807) is 0 Å². The monoisotopic (exact) mass is 702 g/mol. The van der Waals surface area contributed by atoms with Gasteiger partial charge < -0.3 is 13.9 Å². The van der Waals surface area contributed by atoms with Gasteiger partial charge in [-0.3, -0.25) is 0 Å². The van der Waals surface area contributed by atoms with Crippen molar-refractivity contribution in [2.45, 2.75) is 0 Å². The molecule has 0 atom stereocenters. The van der Waals surface area contributed by atoms with Crippen molar-refractivity contribution in [2.75, 3.05) is 4.90 Å². The van der Waals surface area contributed by atoms with E-state index in [4.69, 9.17) is 4.42 Å². The fourth-order valence-electron chi connectivity index (χ4n) is 8.44. The zero-order chi connectivity index (χ0) is 36.3. The van der Waals surface area contributed by atoms with Crippen LogP contribution in [0.2, 0.25) is 0 Å². The van der Waals surface area contributed by atoms with Gasteiger partial charge >= 0.3 is 0 Å². The van der Waals surface area contributed by atoms with E-state index in [2.05, 4.69) is 216 Å². The summed E-state index contributed by atoms with van der Waals surface area (Å²) in [6, 6.07) is 74.0. The number of hydrogen-bond donors (Lipinski definition) is 0. The lowest BCUT2D eigenvalue weighted by Crippen LogP contribution is -2.11. The van der Waals surface area contributed by atoms with E-state index in [1.807, 2.05) is 0 Å². The van der Waals surface area contributed by atoms with Crippen molar-refractivity contribution in [3.05, 3.63) is 206 Å². The predicted octanol–water partition coefficient (Wildman–Crippen LogP) is 14.6. The molecule has 0 radical (unpaired) electrons. The molecule has 0 spiro atoms. The van der Waals surface area contributed by atoms with Gasteiger partial charge in [0, 0.05) is 44.2 Å². The van der Waals surface area contributed by atoms with Crippen LogP contribution in [0.25, 0.3) is 82.5 Å². The Kier molecular flexibility index (Phi) is 7.17. The third kappa shape index (κ3) is 5.13. The van der Waals surface area contributed by atoms with Gasteiger partial charge in [0.1, 0.15) is 11.2 Å². The van der Waals surface area contributed by atoms with Crippen molar-refractivity contribution in [1.82, 2.24) is 4.57 Å². The fourth-order valence-corrected chi connectivity index (χ4v) is 8.44. The summed E-state index contributed by atoms with van der Waals surface area (Å²) < 4.78 is 8.69. The molecule has 11 aromatic rings. The zero-order valence-electron chi connectivity index (χ0n) is 29.9. The molecular weight excluding hydrogens is 669 g/mol. The number of rotatable bonds is 6. The fraction of sp³-hybridized carbons (Fsp3) is 0. The summed E-state index contributed by atoms with van der Waals surface area (Å²) in [6.07, 6.45) is 0. The highest BCUT2D eigenvalue weighted by Gasteiger charge is 2.20. The number of fused-ring (bicyclic) bond motifs is 8. The predicted molar refractivity (Wildman–Crippen MR) is 231 cm³/mol. The van der Waals surface area contributed by atoms with Crippen LogP contribution in [0.3, 0.4) is 0 Å². The minimum absolute atomic E-state index is 0.902. The van der Waals surface area contributed by atoms with Crippen LogP contribution in [0.4, 0.5) is 17.1 Å². The minimum atomic E-state index is 0.902. The van der Waals surface area contributed by atoms with E-state index >= 15 is 0 Å². The maximum atomic E-state index is 6.32. The molecule has 0 unspecified atom stereocenters. The van der Waals surface area contributed by atoms with Gasteiger partial charge in [-0.25, -0.2) is 0 Å². The van der Waals surface area contributed by atoms with Crippen molar-refractivity contribution >= 4 is 71.6 Å². The Hall–Kier alpha value is -7.36. The molecule has 0 saturated heterocycles. The Balaban J connectivity index is 1.08. The second-order valence-electron chi connectivity index (χ2n) is 14.1. The highest BCUT2D eigenvalue weighted by molar-refractivity contribution is 6.19. The van der Waals surface area contributed by atoms with E-state index < -0.39 is 0 Å². The number of aromatic nitrogens is 1. The summed E-state index contributed by atoms with van der Waals surface area (Å²) in [5.41, 5.74) is 13.3. The first-order valence-electron chi connectivity index (χ1n) is 18.8. The Morgan fingerprint density at radius 1 is 0.382 bits per heavy atom. The second kappa shape index (κ2) is 12.6. The lowest BCUT2D eigenvalue weighted by Gasteiger charge is -2.28. The largest absolute Gasteiger partial charge is 0.456 e. The third-order valence-corrected chi connectivity index (χ3v) is 11.0. The van der Waals surface area contributed by atoms with Gasteiger partial charge in [0.2, 0.25) is 0 Å². The Morgan fingerprint density at radius 2 is 1.04 bits per heavy atom. The molecule has 0 aliphatic heterocycles. The summed E-state index contributed by atoms with van der Waals surface area (Å²) in [7, 11) is 0. The maximum Gasteiger partial charge on any atom is 0.136 e. The van der Waals surface area contributed by atoms with Crippen LogP contribution >= 0.6 is 0 Å². The normalized spacial score (nSPS) is 11.6. The first-order valence-corrected chi connectivity index (χ1v) is 18.8. The van der Waals surface area contributed by atoms with Gasteiger partial charge in [-0.2, -0.15) is 0 Å². The lowest BCUT2D eigenvalue weighted by atomic mass is 9.99. The van der Waals surface area contributed by atoms with E-state index in [0.717, 1.165) is 50.4 Å². The van der Waals surface area contributed by atoms with E-state index in [1.165, 1.54) is 49.1 Å². The van der Waals surface area contributed by atoms with Crippen LogP contribution in [-0.4, -0.2) is 4.57 Å². The summed E-state index contributed by atoms with van der Waals surface area (Å²) in [5, 5.41) is 7.16. The Bertz CT molecular complexity index is 3190. The molecule has 0 aliphatic carbocycles. The number of anilines is 3. The average molecular weight is 703 g/mol. The zero-order valence-corrected chi connectivity index (χ0v) is 29.9.